The van der Waals surface area contributed by atoms with Crippen molar-refractivity contribution in [2.24, 2.45) is 0 Å². The number of aryl methyl sites for hydroxylation is 1. The predicted molar refractivity (Wildman–Crippen MR) is 66.7 cm³/mol. The number of aromatic nitrogens is 2. The minimum atomic E-state index is -0.255. The Kier molecular flexibility index (Phi) is 3.31. The number of carbonyl (C=O) groups is 1. The molecule has 0 bridgehead atoms. The van der Waals surface area contributed by atoms with E-state index in [-0.39, 0.29) is 5.91 Å². The molecule has 0 spiro atoms. The fraction of sp³-hybridized carbons (Fsp3) is 0.100. The summed E-state index contributed by atoms with van der Waals surface area (Å²) in [7, 11) is 0. The Labute approximate surface area is 105 Å². The Morgan fingerprint density at radius 2 is 2.19 bits per heavy atom. The quantitative estimate of drug-likeness (QED) is 0.927. The molecule has 2 rings (SSSR count). The summed E-state index contributed by atoms with van der Waals surface area (Å²) >= 11 is 4.37. The number of benzene rings is 1. The number of para-hydroxylation sites is 1. The summed E-state index contributed by atoms with van der Waals surface area (Å²) in [6, 6.07) is 7.58. The van der Waals surface area contributed by atoms with E-state index in [4.69, 9.17) is 0 Å². The first kappa shape index (κ1) is 11.2. The molecule has 0 unspecified atom stereocenters. The van der Waals surface area contributed by atoms with E-state index in [9.17, 15) is 4.79 Å². The summed E-state index contributed by atoms with van der Waals surface area (Å²) in [5.74, 6) is -0.255. The molecule has 6 heteroatoms. The number of anilines is 1. The Hall–Kier alpha value is -1.27. The van der Waals surface area contributed by atoms with Gasteiger partial charge in [-0.15, -0.1) is 5.10 Å². The molecule has 0 atom stereocenters. The van der Waals surface area contributed by atoms with E-state index >= 15 is 0 Å². The molecular formula is C10H8BrN3OS. The van der Waals surface area contributed by atoms with Gasteiger partial charge in [0.25, 0.3) is 5.91 Å². The summed E-state index contributed by atoms with van der Waals surface area (Å²) in [5, 5.41) is 6.54. The van der Waals surface area contributed by atoms with E-state index in [1.165, 1.54) is 0 Å². The highest BCUT2D eigenvalue weighted by Gasteiger charge is 2.14. The van der Waals surface area contributed by atoms with Crippen molar-refractivity contribution in [1.82, 2.24) is 9.59 Å². The third-order valence-electron chi connectivity index (χ3n) is 2.06. The highest BCUT2D eigenvalue weighted by molar-refractivity contribution is 9.11. The monoisotopic (exact) mass is 297 g/mol. The highest BCUT2D eigenvalue weighted by Crippen LogP contribution is 2.20. The van der Waals surface area contributed by atoms with Crippen LogP contribution in [0.4, 0.5) is 5.69 Å². The fourth-order valence-corrected chi connectivity index (χ4v) is 2.08. The molecule has 16 heavy (non-hydrogen) atoms. The summed E-state index contributed by atoms with van der Waals surface area (Å²) in [6.45, 7) is 1.93. The number of nitrogens with zero attached hydrogens (tertiary/aromatic N) is 2. The zero-order chi connectivity index (χ0) is 11.5. The van der Waals surface area contributed by atoms with E-state index in [0.29, 0.717) is 9.48 Å². The molecule has 0 radical (unpaired) electrons. The van der Waals surface area contributed by atoms with Crippen molar-refractivity contribution < 1.29 is 4.79 Å². The normalized spacial score (nSPS) is 10.1. The summed E-state index contributed by atoms with van der Waals surface area (Å²) in [6.07, 6.45) is 0. The van der Waals surface area contributed by atoms with Crippen LogP contribution < -0.4 is 5.32 Å². The Morgan fingerprint density at radius 3 is 2.81 bits per heavy atom. The molecule has 0 aliphatic rings. The van der Waals surface area contributed by atoms with Crippen LogP contribution in [-0.4, -0.2) is 15.5 Å². The van der Waals surface area contributed by atoms with Gasteiger partial charge < -0.3 is 5.32 Å². The predicted octanol–water partition coefficient (Wildman–Crippen LogP) is 2.86. The number of halogens is 1. The molecular weight excluding hydrogens is 290 g/mol. The summed E-state index contributed by atoms with van der Waals surface area (Å²) in [4.78, 5) is 11.8. The van der Waals surface area contributed by atoms with E-state index in [0.717, 1.165) is 22.8 Å². The van der Waals surface area contributed by atoms with Crippen LogP contribution in [0.25, 0.3) is 0 Å². The number of carbonyl (C=O) groups excluding carboxylic acids is 1. The maximum Gasteiger partial charge on any atom is 0.278 e. The fourth-order valence-electron chi connectivity index (χ4n) is 1.21. The van der Waals surface area contributed by atoms with Crippen LogP contribution in [0.3, 0.4) is 0 Å². The van der Waals surface area contributed by atoms with Gasteiger partial charge in [0.2, 0.25) is 0 Å². The number of nitrogens with one attached hydrogen (secondary N) is 1. The molecule has 1 aromatic heterocycles. The van der Waals surface area contributed by atoms with Crippen molar-refractivity contribution in [3.05, 3.63) is 39.3 Å². The topological polar surface area (TPSA) is 54.9 Å². The lowest BCUT2D eigenvalue weighted by molar-refractivity contribution is 0.102. The molecule has 82 valence electrons. The van der Waals surface area contributed by atoms with Gasteiger partial charge >= 0.3 is 0 Å². The van der Waals surface area contributed by atoms with Crippen molar-refractivity contribution in [1.29, 1.82) is 0 Å². The molecule has 4 nitrogen and oxygen atoms in total. The standard InChI is InChI=1S/C10H8BrN3OS/c1-6-4-2-3-5-7(6)12-10(15)8-9(11)16-14-13-8/h2-5H,1H3,(H,12,15). The van der Waals surface area contributed by atoms with Crippen LogP contribution in [0.1, 0.15) is 16.1 Å². The second-order valence-corrected chi connectivity index (χ2v) is 5.24. The van der Waals surface area contributed by atoms with Gasteiger partial charge in [-0.25, -0.2) is 0 Å². The van der Waals surface area contributed by atoms with Crippen molar-refractivity contribution in [3.8, 4) is 0 Å². The van der Waals surface area contributed by atoms with Gasteiger partial charge in [0, 0.05) is 5.69 Å². The van der Waals surface area contributed by atoms with E-state index < -0.39 is 0 Å². The van der Waals surface area contributed by atoms with Crippen molar-refractivity contribution in [3.63, 3.8) is 0 Å². The van der Waals surface area contributed by atoms with Crippen LogP contribution in [0, 0.1) is 6.92 Å². The first-order valence-corrected chi connectivity index (χ1v) is 6.10. The van der Waals surface area contributed by atoms with Gasteiger partial charge in [-0.3, -0.25) is 4.79 Å². The molecule has 1 amide bonds. The molecule has 1 aromatic carbocycles. The number of hydrogen-bond acceptors (Lipinski definition) is 4. The Morgan fingerprint density at radius 1 is 1.44 bits per heavy atom. The average Bonchev–Trinajstić information content (AvgIpc) is 2.68. The molecule has 0 aliphatic heterocycles. The van der Waals surface area contributed by atoms with E-state index in [1.54, 1.807) is 0 Å². The van der Waals surface area contributed by atoms with Gasteiger partial charge in [0.1, 0.15) is 3.79 Å². The van der Waals surface area contributed by atoms with Crippen LogP contribution >= 0.6 is 27.5 Å². The zero-order valence-electron chi connectivity index (χ0n) is 8.40. The number of amides is 1. The minimum Gasteiger partial charge on any atom is -0.320 e. The Bertz CT molecular complexity index is 526. The average molecular weight is 298 g/mol. The van der Waals surface area contributed by atoms with E-state index in [2.05, 4.69) is 30.8 Å². The minimum absolute atomic E-state index is 0.255. The molecule has 0 aliphatic carbocycles. The van der Waals surface area contributed by atoms with E-state index in [1.807, 2.05) is 31.2 Å². The summed E-state index contributed by atoms with van der Waals surface area (Å²) < 4.78 is 4.33. The number of rotatable bonds is 2. The Balaban J connectivity index is 2.21. The van der Waals surface area contributed by atoms with Crippen LogP contribution in [0.15, 0.2) is 28.1 Å². The van der Waals surface area contributed by atoms with Crippen molar-refractivity contribution in [2.45, 2.75) is 6.92 Å². The molecule has 0 saturated carbocycles. The maximum atomic E-state index is 11.8. The zero-order valence-corrected chi connectivity index (χ0v) is 10.8. The first-order chi connectivity index (χ1) is 7.68. The second kappa shape index (κ2) is 4.71. The largest absolute Gasteiger partial charge is 0.320 e. The van der Waals surface area contributed by atoms with Gasteiger partial charge in [0.15, 0.2) is 5.69 Å². The van der Waals surface area contributed by atoms with Crippen LogP contribution in [0.5, 0.6) is 0 Å². The number of hydrogen-bond donors (Lipinski definition) is 1. The lowest BCUT2D eigenvalue weighted by Crippen LogP contribution is -2.13. The second-order valence-electron chi connectivity index (χ2n) is 3.16. The molecule has 0 saturated heterocycles. The van der Waals surface area contributed by atoms with Gasteiger partial charge in [0.05, 0.1) is 0 Å². The third kappa shape index (κ3) is 2.28. The molecule has 1 heterocycles. The van der Waals surface area contributed by atoms with Gasteiger partial charge in [-0.2, -0.15) is 0 Å². The molecule has 2 aromatic rings. The SMILES string of the molecule is Cc1ccccc1NC(=O)c1nnsc1Br. The highest BCUT2D eigenvalue weighted by atomic mass is 79.9. The van der Waals surface area contributed by atoms with Gasteiger partial charge in [-0.05, 0) is 46.0 Å². The third-order valence-corrected chi connectivity index (χ3v) is 3.38. The van der Waals surface area contributed by atoms with Gasteiger partial charge in [-0.1, -0.05) is 22.7 Å². The van der Waals surface area contributed by atoms with Crippen molar-refractivity contribution >= 4 is 39.1 Å². The lowest BCUT2D eigenvalue weighted by Gasteiger charge is -2.05. The maximum absolute atomic E-state index is 11.8. The van der Waals surface area contributed by atoms with Crippen molar-refractivity contribution in [2.75, 3.05) is 5.32 Å². The van der Waals surface area contributed by atoms with Crippen LogP contribution in [0.2, 0.25) is 0 Å². The summed E-state index contributed by atoms with van der Waals surface area (Å²) in [5.41, 5.74) is 2.11. The molecule has 0 fully saturated rings. The first-order valence-electron chi connectivity index (χ1n) is 4.53. The van der Waals surface area contributed by atoms with Crippen LogP contribution in [-0.2, 0) is 0 Å². The smallest absolute Gasteiger partial charge is 0.278 e. The molecule has 1 N–H and O–H groups in total. The lowest BCUT2D eigenvalue weighted by atomic mass is 10.2.